The molecular formula is C23H26N2O4. The number of likely N-dealkylation sites (tertiary alicyclic amines) is 1. The van der Waals surface area contributed by atoms with Crippen LogP contribution in [0.4, 0.5) is 0 Å². The molecule has 1 saturated heterocycles. The molecular weight excluding hydrogens is 368 g/mol. The second-order valence-electron chi connectivity index (χ2n) is 7.58. The van der Waals surface area contributed by atoms with E-state index in [1.807, 2.05) is 50.2 Å². The van der Waals surface area contributed by atoms with E-state index in [9.17, 15) is 19.8 Å². The Morgan fingerprint density at radius 3 is 2.34 bits per heavy atom. The second-order valence-corrected chi connectivity index (χ2v) is 7.58. The van der Waals surface area contributed by atoms with E-state index in [4.69, 9.17) is 0 Å². The number of amides is 1. The summed E-state index contributed by atoms with van der Waals surface area (Å²) < 4.78 is 0. The lowest BCUT2D eigenvalue weighted by Gasteiger charge is -2.26. The van der Waals surface area contributed by atoms with Crippen LogP contribution in [0.25, 0.3) is 5.76 Å². The summed E-state index contributed by atoms with van der Waals surface area (Å²) in [6.45, 7) is 3.11. The van der Waals surface area contributed by atoms with E-state index in [0.29, 0.717) is 13.0 Å². The Morgan fingerprint density at radius 2 is 1.72 bits per heavy atom. The van der Waals surface area contributed by atoms with E-state index in [1.54, 1.807) is 12.1 Å². The van der Waals surface area contributed by atoms with Crippen LogP contribution in [0, 0.1) is 6.92 Å². The van der Waals surface area contributed by atoms with Crippen LogP contribution in [0.5, 0.6) is 5.75 Å². The highest BCUT2D eigenvalue weighted by atomic mass is 16.3. The summed E-state index contributed by atoms with van der Waals surface area (Å²) in [7, 11) is 3.90. The lowest BCUT2D eigenvalue weighted by atomic mass is 9.94. The van der Waals surface area contributed by atoms with Crippen molar-refractivity contribution in [3.8, 4) is 5.75 Å². The normalized spacial score (nSPS) is 18.6. The summed E-state index contributed by atoms with van der Waals surface area (Å²) in [6.07, 6.45) is 0.693. The Morgan fingerprint density at radius 1 is 1.07 bits per heavy atom. The fourth-order valence-electron chi connectivity index (χ4n) is 3.58. The minimum Gasteiger partial charge on any atom is -0.507 e. The van der Waals surface area contributed by atoms with Gasteiger partial charge in [-0.25, -0.2) is 0 Å². The number of carbonyl (C=O) groups excluding carboxylic acids is 2. The number of phenols is 1. The zero-order valence-corrected chi connectivity index (χ0v) is 16.9. The molecule has 2 aromatic carbocycles. The molecule has 3 rings (SSSR count). The minimum atomic E-state index is -0.735. The Labute approximate surface area is 170 Å². The van der Waals surface area contributed by atoms with Crippen LogP contribution in [-0.4, -0.2) is 58.9 Å². The number of ketones is 1. The number of carbonyl (C=O) groups is 2. The molecule has 2 N–H and O–H groups in total. The molecule has 0 spiro atoms. The molecule has 1 heterocycles. The number of Topliss-reactive ketones (excluding diaryl/α,β-unsaturated/α-hetero) is 1. The molecule has 1 amide bonds. The molecule has 6 nitrogen and oxygen atoms in total. The summed E-state index contributed by atoms with van der Waals surface area (Å²) in [5.41, 5.74) is 1.94. The molecule has 0 bridgehead atoms. The smallest absolute Gasteiger partial charge is 0.295 e. The molecule has 1 aliphatic rings. The maximum Gasteiger partial charge on any atom is 0.295 e. The van der Waals surface area contributed by atoms with Crippen LogP contribution in [0.3, 0.4) is 0 Å². The van der Waals surface area contributed by atoms with Crippen molar-refractivity contribution in [2.75, 3.05) is 27.2 Å². The van der Waals surface area contributed by atoms with E-state index < -0.39 is 17.7 Å². The molecule has 29 heavy (non-hydrogen) atoms. The lowest BCUT2D eigenvalue weighted by molar-refractivity contribution is -0.139. The van der Waals surface area contributed by atoms with Gasteiger partial charge in [-0.1, -0.05) is 42.0 Å². The van der Waals surface area contributed by atoms with Crippen molar-refractivity contribution in [1.82, 2.24) is 9.80 Å². The molecule has 6 heteroatoms. The third-order valence-corrected chi connectivity index (χ3v) is 5.10. The third kappa shape index (κ3) is 4.17. The molecule has 152 valence electrons. The summed E-state index contributed by atoms with van der Waals surface area (Å²) in [6, 6.07) is 13.1. The Bertz CT molecular complexity index is 948. The molecule has 1 atom stereocenters. The van der Waals surface area contributed by atoms with Crippen molar-refractivity contribution in [1.29, 1.82) is 0 Å². The van der Waals surface area contributed by atoms with Gasteiger partial charge in [0, 0.05) is 6.54 Å². The van der Waals surface area contributed by atoms with Gasteiger partial charge in [0.25, 0.3) is 11.7 Å². The molecule has 0 aliphatic carbocycles. The molecule has 1 fully saturated rings. The number of nitrogens with zero attached hydrogens (tertiary/aromatic N) is 2. The van der Waals surface area contributed by atoms with Crippen molar-refractivity contribution >= 4 is 17.4 Å². The second kappa shape index (κ2) is 8.49. The van der Waals surface area contributed by atoms with Crippen LogP contribution >= 0.6 is 0 Å². The van der Waals surface area contributed by atoms with Crippen LogP contribution < -0.4 is 0 Å². The predicted molar refractivity (Wildman–Crippen MR) is 111 cm³/mol. The monoisotopic (exact) mass is 394 g/mol. The quantitative estimate of drug-likeness (QED) is 0.447. The number of para-hydroxylation sites is 1. The van der Waals surface area contributed by atoms with Gasteiger partial charge in [-0.2, -0.15) is 0 Å². The van der Waals surface area contributed by atoms with Gasteiger partial charge in [-0.15, -0.1) is 0 Å². The van der Waals surface area contributed by atoms with E-state index in [0.717, 1.165) is 17.7 Å². The van der Waals surface area contributed by atoms with Crippen molar-refractivity contribution < 1.29 is 19.8 Å². The van der Waals surface area contributed by atoms with Gasteiger partial charge in [0.15, 0.2) is 0 Å². The number of aryl methyl sites for hydroxylation is 1. The summed E-state index contributed by atoms with van der Waals surface area (Å²) in [4.78, 5) is 29.2. The van der Waals surface area contributed by atoms with Crippen LogP contribution in [0.2, 0.25) is 0 Å². The topological polar surface area (TPSA) is 81.1 Å². The largest absolute Gasteiger partial charge is 0.507 e. The Kier molecular flexibility index (Phi) is 6.03. The number of hydrogen-bond acceptors (Lipinski definition) is 5. The number of phenolic OH excluding ortho intramolecular Hbond substituents is 1. The highest BCUT2D eigenvalue weighted by Gasteiger charge is 2.45. The first kappa shape index (κ1) is 20.6. The fourth-order valence-corrected chi connectivity index (χ4v) is 3.58. The summed E-state index contributed by atoms with van der Waals surface area (Å²) in [5, 5.41) is 21.1. The van der Waals surface area contributed by atoms with Crippen LogP contribution in [0.15, 0.2) is 54.1 Å². The van der Waals surface area contributed by atoms with Gasteiger partial charge in [0.2, 0.25) is 0 Å². The number of aliphatic hydroxyl groups is 1. The van der Waals surface area contributed by atoms with Crippen molar-refractivity contribution in [3.05, 3.63) is 70.8 Å². The average Bonchev–Trinajstić information content (AvgIpc) is 2.93. The van der Waals surface area contributed by atoms with Crippen LogP contribution in [-0.2, 0) is 9.59 Å². The third-order valence-electron chi connectivity index (χ3n) is 5.10. The summed E-state index contributed by atoms with van der Waals surface area (Å²) in [5.74, 6) is -1.87. The maximum absolute atomic E-state index is 12.9. The zero-order chi connectivity index (χ0) is 21.1. The lowest BCUT2D eigenvalue weighted by Crippen LogP contribution is -2.32. The zero-order valence-electron chi connectivity index (χ0n) is 16.9. The SMILES string of the molecule is Cc1ccc(C2C(=C(O)c3ccccc3O)C(=O)C(=O)N2CCCN(C)C)cc1. The molecule has 0 radical (unpaired) electrons. The highest BCUT2D eigenvalue weighted by Crippen LogP contribution is 2.40. The number of aromatic hydroxyl groups is 1. The molecule has 2 aromatic rings. The van der Waals surface area contributed by atoms with Gasteiger partial charge < -0.3 is 20.0 Å². The van der Waals surface area contributed by atoms with Gasteiger partial charge >= 0.3 is 0 Å². The first-order valence-corrected chi connectivity index (χ1v) is 9.59. The Balaban J connectivity index is 2.11. The van der Waals surface area contributed by atoms with Crippen molar-refractivity contribution in [2.24, 2.45) is 0 Å². The van der Waals surface area contributed by atoms with E-state index in [1.165, 1.54) is 17.0 Å². The molecule has 0 aromatic heterocycles. The van der Waals surface area contributed by atoms with E-state index in [2.05, 4.69) is 0 Å². The highest BCUT2D eigenvalue weighted by molar-refractivity contribution is 6.46. The number of aliphatic hydroxyl groups excluding tert-OH is 1. The van der Waals surface area contributed by atoms with E-state index >= 15 is 0 Å². The van der Waals surface area contributed by atoms with E-state index in [-0.39, 0.29) is 22.6 Å². The van der Waals surface area contributed by atoms with Crippen molar-refractivity contribution in [2.45, 2.75) is 19.4 Å². The fraction of sp³-hybridized carbons (Fsp3) is 0.304. The summed E-state index contributed by atoms with van der Waals surface area (Å²) >= 11 is 0. The molecule has 1 unspecified atom stereocenters. The number of hydrogen-bond donors (Lipinski definition) is 2. The first-order valence-electron chi connectivity index (χ1n) is 9.59. The molecule has 1 aliphatic heterocycles. The van der Waals surface area contributed by atoms with Gasteiger partial charge in [0.05, 0.1) is 17.2 Å². The van der Waals surface area contributed by atoms with Gasteiger partial charge in [-0.3, -0.25) is 9.59 Å². The maximum atomic E-state index is 12.9. The average molecular weight is 394 g/mol. The van der Waals surface area contributed by atoms with Crippen LogP contribution in [0.1, 0.15) is 29.2 Å². The molecule has 0 saturated carbocycles. The minimum absolute atomic E-state index is 0.00482. The van der Waals surface area contributed by atoms with Crippen molar-refractivity contribution in [3.63, 3.8) is 0 Å². The first-order chi connectivity index (χ1) is 13.8. The van der Waals surface area contributed by atoms with Gasteiger partial charge in [0.1, 0.15) is 11.5 Å². The van der Waals surface area contributed by atoms with Gasteiger partial charge in [-0.05, 0) is 51.7 Å². The number of benzene rings is 2. The standard InChI is InChI=1S/C23H26N2O4/c1-15-9-11-16(12-10-15)20-19(21(27)17-7-4-5-8-18(17)26)22(28)23(29)25(20)14-6-13-24(2)3/h4-5,7-12,20,26-27H,6,13-14H2,1-3H3. The Hall–Kier alpha value is -3.12. The number of rotatable bonds is 6. The predicted octanol–water partition coefficient (Wildman–Crippen LogP) is 3.07.